The van der Waals surface area contributed by atoms with Gasteiger partial charge in [0.2, 0.25) is 0 Å². The molecule has 2 heterocycles. The number of ether oxygens (including phenoxy) is 1. The van der Waals surface area contributed by atoms with Crippen molar-refractivity contribution in [2.24, 2.45) is 11.1 Å². The number of nitrogens with zero attached hydrogens (tertiary/aromatic N) is 3. The van der Waals surface area contributed by atoms with Crippen molar-refractivity contribution >= 4 is 5.78 Å². The maximum absolute atomic E-state index is 13.4. The molecule has 1 aromatic rings. The highest BCUT2D eigenvalue weighted by Gasteiger charge is 2.45. The van der Waals surface area contributed by atoms with Gasteiger partial charge in [-0.3, -0.25) is 9.80 Å². The van der Waals surface area contributed by atoms with Crippen molar-refractivity contribution in [3.8, 4) is 6.07 Å². The molecule has 152 valence electrons. The van der Waals surface area contributed by atoms with Gasteiger partial charge in [0, 0.05) is 30.8 Å². The Morgan fingerprint density at radius 3 is 2.62 bits per heavy atom. The van der Waals surface area contributed by atoms with Gasteiger partial charge in [-0.05, 0) is 24.3 Å². The molecule has 2 N–H and O–H groups in total. The van der Waals surface area contributed by atoms with Gasteiger partial charge in [-0.25, -0.2) is 5.01 Å². The van der Waals surface area contributed by atoms with Crippen molar-refractivity contribution in [2.45, 2.75) is 39.5 Å². The van der Waals surface area contributed by atoms with Crippen LogP contribution in [0.2, 0.25) is 0 Å². The zero-order chi connectivity index (χ0) is 20.8. The number of carbonyl (C=O) groups is 1. The van der Waals surface area contributed by atoms with Crippen LogP contribution in [-0.4, -0.2) is 42.1 Å². The van der Waals surface area contributed by atoms with Crippen molar-refractivity contribution in [3.05, 3.63) is 58.1 Å². The minimum atomic E-state index is -0.407. The Morgan fingerprint density at radius 2 is 1.97 bits per heavy atom. The molecule has 1 saturated heterocycles. The Morgan fingerprint density at radius 1 is 1.24 bits per heavy atom. The van der Waals surface area contributed by atoms with Crippen LogP contribution in [0.3, 0.4) is 0 Å². The number of ketones is 1. The van der Waals surface area contributed by atoms with Crippen LogP contribution in [0.1, 0.15) is 43.7 Å². The number of Topliss-reactive ketones (excluding diaryl/α,β-unsaturated/α-hetero) is 1. The molecule has 0 radical (unpaired) electrons. The molecule has 1 fully saturated rings. The summed E-state index contributed by atoms with van der Waals surface area (Å²) in [5.74, 6) is 0.141. The molecular formula is C23H28N4O2. The third-order valence-corrected chi connectivity index (χ3v) is 6.00. The highest BCUT2D eigenvalue weighted by atomic mass is 16.5. The van der Waals surface area contributed by atoms with Crippen molar-refractivity contribution < 1.29 is 9.53 Å². The summed E-state index contributed by atoms with van der Waals surface area (Å²) in [5.41, 5.74) is 10.6. The normalized spacial score (nSPS) is 25.1. The average molecular weight is 393 g/mol. The molecule has 1 aromatic carbocycles. The van der Waals surface area contributed by atoms with Gasteiger partial charge in [0.1, 0.15) is 5.82 Å². The second kappa shape index (κ2) is 7.33. The van der Waals surface area contributed by atoms with Crippen LogP contribution in [0.4, 0.5) is 0 Å². The topological polar surface area (TPSA) is 82.6 Å². The van der Waals surface area contributed by atoms with Crippen LogP contribution in [0.15, 0.2) is 46.9 Å². The zero-order valence-corrected chi connectivity index (χ0v) is 17.4. The summed E-state index contributed by atoms with van der Waals surface area (Å²) in [6.07, 6.45) is 1.22. The lowest BCUT2D eigenvalue weighted by Crippen LogP contribution is -2.53. The Bertz CT molecular complexity index is 948. The monoisotopic (exact) mass is 392 g/mol. The summed E-state index contributed by atoms with van der Waals surface area (Å²) in [5, 5.41) is 14.1. The summed E-state index contributed by atoms with van der Waals surface area (Å²) in [4.78, 5) is 13.4. The number of rotatable bonds is 2. The molecule has 3 aliphatic rings. The van der Waals surface area contributed by atoms with Crippen LogP contribution in [0.25, 0.3) is 0 Å². The molecule has 6 nitrogen and oxygen atoms in total. The summed E-state index contributed by atoms with van der Waals surface area (Å²) in [7, 11) is 0. The Hall–Kier alpha value is -2.62. The Labute approximate surface area is 172 Å². The predicted octanol–water partition coefficient (Wildman–Crippen LogP) is 2.98. The molecule has 0 aromatic heterocycles. The van der Waals surface area contributed by atoms with Crippen molar-refractivity contribution in [3.63, 3.8) is 0 Å². The smallest absolute Gasteiger partial charge is 0.162 e. The van der Waals surface area contributed by atoms with E-state index >= 15 is 0 Å². The number of nitrogens with two attached hydrogens (primary N) is 1. The highest BCUT2D eigenvalue weighted by Crippen LogP contribution is 2.49. The van der Waals surface area contributed by atoms with Crippen LogP contribution in [0.5, 0.6) is 0 Å². The van der Waals surface area contributed by atoms with Gasteiger partial charge >= 0.3 is 0 Å². The van der Waals surface area contributed by atoms with E-state index in [2.05, 4.69) is 31.0 Å². The minimum Gasteiger partial charge on any atom is -0.383 e. The van der Waals surface area contributed by atoms with E-state index in [1.807, 2.05) is 30.1 Å². The van der Waals surface area contributed by atoms with Gasteiger partial charge in [0.15, 0.2) is 5.78 Å². The third kappa shape index (κ3) is 3.45. The second-order valence-electron chi connectivity index (χ2n) is 8.94. The number of allylic oxidation sites excluding steroid dienone is 3. The molecule has 1 atom stereocenters. The van der Waals surface area contributed by atoms with E-state index in [1.165, 1.54) is 0 Å². The van der Waals surface area contributed by atoms with Gasteiger partial charge < -0.3 is 10.5 Å². The molecule has 0 spiro atoms. The van der Waals surface area contributed by atoms with Crippen LogP contribution >= 0.6 is 0 Å². The molecule has 1 unspecified atom stereocenters. The van der Waals surface area contributed by atoms with Crippen LogP contribution in [0, 0.1) is 23.7 Å². The van der Waals surface area contributed by atoms with Crippen molar-refractivity contribution in [1.82, 2.24) is 10.0 Å². The van der Waals surface area contributed by atoms with E-state index in [-0.39, 0.29) is 11.2 Å². The fourth-order valence-electron chi connectivity index (χ4n) is 4.75. The first-order chi connectivity index (χ1) is 13.8. The van der Waals surface area contributed by atoms with E-state index in [0.29, 0.717) is 44.1 Å². The molecular weight excluding hydrogens is 364 g/mol. The number of aryl methyl sites for hydroxylation is 1. The molecule has 0 saturated carbocycles. The number of hydrazine groups is 1. The summed E-state index contributed by atoms with van der Waals surface area (Å²) in [6, 6.07) is 10.4. The summed E-state index contributed by atoms with van der Waals surface area (Å²) < 4.78 is 5.51. The summed E-state index contributed by atoms with van der Waals surface area (Å²) >= 11 is 0. The van der Waals surface area contributed by atoms with Gasteiger partial charge in [-0.15, -0.1) is 0 Å². The largest absolute Gasteiger partial charge is 0.383 e. The molecule has 4 rings (SSSR count). The molecule has 2 aliphatic heterocycles. The molecule has 6 heteroatoms. The summed E-state index contributed by atoms with van der Waals surface area (Å²) in [6.45, 7) is 8.83. The van der Waals surface area contributed by atoms with E-state index in [9.17, 15) is 10.1 Å². The molecule has 0 amide bonds. The van der Waals surface area contributed by atoms with E-state index in [1.54, 1.807) is 0 Å². The Kier molecular flexibility index (Phi) is 4.97. The number of hydrogen-bond donors (Lipinski definition) is 1. The number of morpholine rings is 1. The van der Waals surface area contributed by atoms with Gasteiger partial charge in [-0.1, -0.05) is 43.7 Å². The molecule has 1 aliphatic carbocycles. The zero-order valence-electron chi connectivity index (χ0n) is 17.4. The van der Waals surface area contributed by atoms with Crippen molar-refractivity contribution in [1.29, 1.82) is 5.26 Å². The lowest BCUT2D eigenvalue weighted by atomic mass is 9.69. The number of carbonyl (C=O) groups excluding carboxylic acids is 1. The standard InChI is InChI=1S/C23H28N4O2/c1-15-5-4-6-16(11-15)20-17(14-24)22(25)27(26-7-9-29-10-8-26)18-12-23(2,3)13-19(28)21(18)20/h4-6,11,20H,7-10,12-13,25H2,1-3H3. The highest BCUT2D eigenvalue weighted by molar-refractivity contribution is 6.00. The van der Waals surface area contributed by atoms with Crippen molar-refractivity contribution in [2.75, 3.05) is 26.3 Å². The first kappa shape index (κ1) is 19.7. The van der Waals surface area contributed by atoms with Gasteiger partial charge in [0.25, 0.3) is 0 Å². The lowest BCUT2D eigenvalue weighted by molar-refractivity contribution is -0.119. The van der Waals surface area contributed by atoms with Gasteiger partial charge in [0.05, 0.1) is 30.8 Å². The predicted molar refractivity (Wildman–Crippen MR) is 110 cm³/mol. The third-order valence-electron chi connectivity index (χ3n) is 6.00. The number of nitriles is 1. The quantitative estimate of drug-likeness (QED) is 0.833. The minimum absolute atomic E-state index is 0.112. The molecule has 29 heavy (non-hydrogen) atoms. The van der Waals surface area contributed by atoms with E-state index in [0.717, 1.165) is 28.8 Å². The number of benzene rings is 1. The maximum Gasteiger partial charge on any atom is 0.162 e. The number of hydrogen-bond acceptors (Lipinski definition) is 6. The Balaban J connectivity index is 1.93. The van der Waals surface area contributed by atoms with Crippen LogP contribution < -0.4 is 5.73 Å². The van der Waals surface area contributed by atoms with Gasteiger partial charge in [-0.2, -0.15) is 5.26 Å². The fraction of sp³-hybridized carbons (Fsp3) is 0.478. The fourth-order valence-corrected chi connectivity index (χ4v) is 4.75. The lowest BCUT2D eigenvalue weighted by Gasteiger charge is -2.48. The average Bonchev–Trinajstić information content (AvgIpc) is 2.67. The molecule has 0 bridgehead atoms. The second-order valence-corrected chi connectivity index (χ2v) is 8.94. The first-order valence-corrected chi connectivity index (χ1v) is 10.2. The SMILES string of the molecule is Cc1cccc(C2C(C#N)=C(N)N(N3CCOCC3)C3=C2C(=O)CC(C)(C)C3)c1. The van der Waals surface area contributed by atoms with E-state index in [4.69, 9.17) is 10.5 Å². The first-order valence-electron chi connectivity index (χ1n) is 10.2. The van der Waals surface area contributed by atoms with E-state index < -0.39 is 5.92 Å². The maximum atomic E-state index is 13.4. The van der Waals surface area contributed by atoms with Crippen LogP contribution in [-0.2, 0) is 9.53 Å².